The fourth-order valence-corrected chi connectivity index (χ4v) is 4.44. The summed E-state index contributed by atoms with van der Waals surface area (Å²) in [6.45, 7) is 5.93. The first-order valence-electron chi connectivity index (χ1n) is 10.1. The summed E-state index contributed by atoms with van der Waals surface area (Å²) in [5.74, 6) is -0.268. The number of carbonyl (C=O) groups is 2. The van der Waals surface area contributed by atoms with E-state index in [0.717, 1.165) is 30.3 Å². The summed E-state index contributed by atoms with van der Waals surface area (Å²) in [5.41, 5.74) is 5.41. The maximum absolute atomic E-state index is 13.2. The van der Waals surface area contributed by atoms with Crippen molar-refractivity contribution in [2.24, 2.45) is 17.1 Å². The predicted octanol–water partition coefficient (Wildman–Crippen LogP) is 3.49. The minimum atomic E-state index is -0.919. The molecule has 3 N–H and O–H groups in total. The van der Waals surface area contributed by atoms with Crippen LogP contribution < -0.4 is 16.7 Å². The average Bonchev–Trinajstić information content (AvgIpc) is 2.92. The molecular weight excluding hydrogens is 392 g/mol. The first-order valence-corrected chi connectivity index (χ1v) is 10.5. The number of amides is 2. The zero-order valence-corrected chi connectivity index (χ0v) is 18.0. The average molecular weight is 421 g/mol. The maximum atomic E-state index is 13.2. The highest BCUT2D eigenvalue weighted by molar-refractivity contribution is 6.35. The summed E-state index contributed by atoms with van der Waals surface area (Å²) in [4.78, 5) is 38.2. The number of rotatable bonds is 4. The largest absolute Gasteiger partial charge is 0.368 e. The van der Waals surface area contributed by atoms with E-state index in [0.29, 0.717) is 28.5 Å². The number of nitrogens with one attached hydrogen (secondary N) is 1. The number of halogens is 1. The van der Waals surface area contributed by atoms with Gasteiger partial charge < -0.3 is 11.1 Å². The summed E-state index contributed by atoms with van der Waals surface area (Å²) >= 11 is 6.42. The van der Waals surface area contributed by atoms with Crippen molar-refractivity contribution in [1.82, 2.24) is 14.5 Å². The SMILES string of the molecule is CC(C)(C)[C@H](NC(=O)n1c(=O)n(CC2CCCCC2)c2c(Cl)cccc21)C(N)=O. The van der Waals surface area contributed by atoms with Gasteiger partial charge in [-0.25, -0.2) is 14.2 Å². The number of fused-ring (bicyclic) bond motifs is 1. The zero-order chi connectivity index (χ0) is 21.3. The first kappa shape index (κ1) is 21.4. The Balaban J connectivity index is 2.05. The second-order valence-corrected chi connectivity index (χ2v) is 9.40. The van der Waals surface area contributed by atoms with Crippen molar-refractivity contribution in [3.05, 3.63) is 33.7 Å². The van der Waals surface area contributed by atoms with Crippen LogP contribution in [-0.2, 0) is 11.3 Å². The maximum Gasteiger partial charge on any atom is 0.337 e. The third kappa shape index (κ3) is 4.34. The molecular formula is C21H29ClN4O3. The van der Waals surface area contributed by atoms with Crippen LogP contribution >= 0.6 is 11.6 Å². The highest BCUT2D eigenvalue weighted by atomic mass is 35.5. The monoisotopic (exact) mass is 420 g/mol. The van der Waals surface area contributed by atoms with E-state index in [1.807, 2.05) is 0 Å². The summed E-state index contributed by atoms with van der Waals surface area (Å²) in [5, 5.41) is 3.06. The quantitative estimate of drug-likeness (QED) is 0.791. The number of nitrogens with two attached hydrogens (primary N) is 1. The van der Waals surface area contributed by atoms with Gasteiger partial charge in [-0.3, -0.25) is 9.36 Å². The number of aromatic nitrogens is 2. The Hall–Kier alpha value is -2.28. The molecule has 158 valence electrons. The third-order valence-corrected chi connectivity index (χ3v) is 5.99. The Morgan fingerprint density at radius 2 is 1.90 bits per heavy atom. The zero-order valence-electron chi connectivity index (χ0n) is 17.2. The molecule has 1 heterocycles. The fraction of sp³-hybridized carbons (Fsp3) is 0.571. The molecule has 0 bridgehead atoms. The van der Waals surface area contributed by atoms with Crippen LogP contribution in [0.1, 0.15) is 52.9 Å². The number of benzene rings is 1. The number of nitrogens with zero attached hydrogens (tertiary/aromatic N) is 2. The van der Waals surface area contributed by atoms with Gasteiger partial charge in [0.25, 0.3) is 0 Å². The molecule has 0 unspecified atom stereocenters. The van der Waals surface area contributed by atoms with E-state index in [2.05, 4.69) is 5.32 Å². The molecule has 1 aromatic carbocycles. The van der Waals surface area contributed by atoms with E-state index in [1.54, 1.807) is 43.5 Å². The Bertz CT molecular complexity index is 980. The summed E-state index contributed by atoms with van der Waals surface area (Å²) in [7, 11) is 0. The molecule has 2 aromatic rings. The standard InChI is InChI=1S/C21H29ClN4O3/c1-21(2,3)17(18(23)27)24-19(28)26-15-11-7-10-14(22)16(15)25(20(26)29)12-13-8-5-4-6-9-13/h7,10-11,13,17H,4-6,8-9,12H2,1-3H3,(H2,23,27)(H,24,28)/t17-/m1/s1. The topological polar surface area (TPSA) is 99.1 Å². The van der Waals surface area contributed by atoms with Crippen molar-refractivity contribution in [1.29, 1.82) is 0 Å². The van der Waals surface area contributed by atoms with Crippen molar-refractivity contribution >= 4 is 34.6 Å². The first-order chi connectivity index (χ1) is 13.6. The van der Waals surface area contributed by atoms with Crippen LogP contribution in [0.3, 0.4) is 0 Å². The molecule has 1 aliphatic rings. The van der Waals surface area contributed by atoms with Gasteiger partial charge in [-0.05, 0) is 36.3 Å². The summed E-state index contributed by atoms with van der Waals surface area (Å²) < 4.78 is 2.66. The second kappa shape index (κ2) is 8.22. The van der Waals surface area contributed by atoms with Gasteiger partial charge in [-0.2, -0.15) is 0 Å². The van der Waals surface area contributed by atoms with E-state index in [9.17, 15) is 14.4 Å². The summed E-state index contributed by atoms with van der Waals surface area (Å²) in [6.07, 6.45) is 5.64. The van der Waals surface area contributed by atoms with Gasteiger partial charge in [0.15, 0.2) is 0 Å². The van der Waals surface area contributed by atoms with Crippen molar-refractivity contribution in [2.45, 2.75) is 65.5 Å². The van der Waals surface area contributed by atoms with E-state index in [4.69, 9.17) is 17.3 Å². The molecule has 8 heteroatoms. The molecule has 3 rings (SSSR count). The van der Waals surface area contributed by atoms with Gasteiger partial charge in [0.2, 0.25) is 5.91 Å². The van der Waals surface area contributed by atoms with Crippen molar-refractivity contribution < 1.29 is 9.59 Å². The van der Waals surface area contributed by atoms with E-state index in [-0.39, 0.29) is 0 Å². The number of hydrogen-bond acceptors (Lipinski definition) is 3. The lowest BCUT2D eigenvalue weighted by atomic mass is 9.86. The van der Waals surface area contributed by atoms with Gasteiger partial charge in [0.05, 0.1) is 16.1 Å². The molecule has 29 heavy (non-hydrogen) atoms. The lowest BCUT2D eigenvalue weighted by Gasteiger charge is -2.28. The van der Waals surface area contributed by atoms with E-state index < -0.39 is 29.1 Å². The van der Waals surface area contributed by atoms with Gasteiger partial charge in [-0.1, -0.05) is 57.7 Å². The molecule has 1 aromatic heterocycles. The molecule has 0 spiro atoms. The molecule has 2 amide bonds. The Morgan fingerprint density at radius 3 is 2.48 bits per heavy atom. The highest BCUT2D eigenvalue weighted by Gasteiger charge is 2.33. The summed E-state index contributed by atoms with van der Waals surface area (Å²) in [6, 6.07) is 3.51. The van der Waals surface area contributed by atoms with E-state index in [1.165, 1.54) is 6.42 Å². The van der Waals surface area contributed by atoms with Crippen LogP contribution in [0.5, 0.6) is 0 Å². The molecule has 1 fully saturated rings. The normalized spacial score (nSPS) is 16.7. The number of primary amides is 1. The molecule has 0 saturated heterocycles. The number of para-hydroxylation sites is 1. The van der Waals surface area contributed by atoms with E-state index >= 15 is 0 Å². The van der Waals surface area contributed by atoms with Crippen LogP contribution in [0.15, 0.2) is 23.0 Å². The van der Waals surface area contributed by atoms with Gasteiger partial charge in [0.1, 0.15) is 6.04 Å². The predicted molar refractivity (Wildman–Crippen MR) is 114 cm³/mol. The van der Waals surface area contributed by atoms with Crippen molar-refractivity contribution in [3.63, 3.8) is 0 Å². The molecule has 1 atom stereocenters. The highest BCUT2D eigenvalue weighted by Crippen LogP contribution is 2.28. The van der Waals surface area contributed by atoms with Gasteiger partial charge >= 0.3 is 11.7 Å². The van der Waals surface area contributed by atoms with Crippen molar-refractivity contribution in [3.8, 4) is 0 Å². The van der Waals surface area contributed by atoms with Crippen LogP contribution in [0.4, 0.5) is 4.79 Å². The van der Waals surface area contributed by atoms with Crippen LogP contribution in [0.25, 0.3) is 11.0 Å². The van der Waals surface area contributed by atoms with Gasteiger partial charge in [-0.15, -0.1) is 0 Å². The van der Waals surface area contributed by atoms with Crippen LogP contribution in [0, 0.1) is 11.3 Å². The fourth-order valence-electron chi connectivity index (χ4n) is 4.17. The minimum Gasteiger partial charge on any atom is -0.368 e. The lowest BCUT2D eigenvalue weighted by Crippen LogP contribution is -2.54. The molecule has 7 nitrogen and oxygen atoms in total. The lowest BCUT2D eigenvalue weighted by molar-refractivity contribution is -0.122. The number of imidazole rings is 1. The Morgan fingerprint density at radius 1 is 1.24 bits per heavy atom. The molecule has 1 saturated carbocycles. The van der Waals surface area contributed by atoms with Crippen molar-refractivity contribution in [2.75, 3.05) is 0 Å². The number of hydrogen-bond donors (Lipinski definition) is 2. The molecule has 0 radical (unpaired) electrons. The van der Waals surface area contributed by atoms with Gasteiger partial charge in [0, 0.05) is 6.54 Å². The number of carbonyl (C=O) groups excluding carboxylic acids is 2. The molecule has 1 aliphatic carbocycles. The molecule has 0 aliphatic heterocycles. The Kier molecular flexibility index (Phi) is 6.08. The smallest absolute Gasteiger partial charge is 0.337 e. The Labute approximate surface area is 175 Å². The second-order valence-electron chi connectivity index (χ2n) is 8.99. The minimum absolute atomic E-state index is 0.382. The van der Waals surface area contributed by atoms with Crippen LogP contribution in [-0.4, -0.2) is 27.1 Å². The third-order valence-electron chi connectivity index (χ3n) is 5.69. The van der Waals surface area contributed by atoms with Crippen LogP contribution in [0.2, 0.25) is 5.02 Å².